The number of ether oxygens (including phenoxy) is 1. The molecule has 1 saturated carbocycles. The standard InChI is InChI=1S/C21H31FN2O2/c22-18-6-4-17(5-7-18)21(10-12-26-13-11-21)16-24-19(25)14-20(15-23)8-2-1-3-9-20/h4-7H,1-3,8-16,23H2,(H,24,25). The molecule has 0 aromatic heterocycles. The number of halogens is 1. The number of amides is 1. The summed E-state index contributed by atoms with van der Waals surface area (Å²) in [6.45, 7) is 2.48. The molecule has 1 saturated heterocycles. The molecule has 1 aromatic carbocycles. The van der Waals surface area contributed by atoms with Gasteiger partial charge in [0, 0.05) is 31.6 Å². The molecule has 1 aliphatic heterocycles. The van der Waals surface area contributed by atoms with E-state index in [0.29, 0.717) is 32.7 Å². The molecule has 2 fully saturated rings. The van der Waals surface area contributed by atoms with Gasteiger partial charge < -0.3 is 15.8 Å². The Morgan fingerprint density at radius 1 is 1.08 bits per heavy atom. The summed E-state index contributed by atoms with van der Waals surface area (Å²) in [4.78, 5) is 12.7. The summed E-state index contributed by atoms with van der Waals surface area (Å²) in [5.74, 6) is -0.146. The molecule has 0 bridgehead atoms. The molecule has 3 rings (SSSR count). The largest absolute Gasteiger partial charge is 0.381 e. The Balaban J connectivity index is 1.66. The molecular formula is C21H31FN2O2. The molecule has 0 radical (unpaired) electrons. The van der Waals surface area contributed by atoms with Crippen LogP contribution in [0.25, 0.3) is 0 Å². The van der Waals surface area contributed by atoms with Crippen LogP contribution in [-0.4, -0.2) is 32.2 Å². The predicted molar refractivity (Wildman–Crippen MR) is 100 cm³/mol. The highest BCUT2D eigenvalue weighted by atomic mass is 19.1. The molecule has 144 valence electrons. The Kier molecular flexibility index (Phi) is 6.30. The normalized spacial score (nSPS) is 21.9. The maximum Gasteiger partial charge on any atom is 0.220 e. The van der Waals surface area contributed by atoms with Gasteiger partial charge in [-0.05, 0) is 55.3 Å². The van der Waals surface area contributed by atoms with Crippen LogP contribution < -0.4 is 11.1 Å². The van der Waals surface area contributed by atoms with Gasteiger partial charge in [0.2, 0.25) is 5.91 Å². The van der Waals surface area contributed by atoms with Crippen LogP contribution in [0.1, 0.15) is 56.9 Å². The topological polar surface area (TPSA) is 64.4 Å². The van der Waals surface area contributed by atoms with E-state index >= 15 is 0 Å². The molecule has 0 atom stereocenters. The SMILES string of the molecule is NCC1(CC(=O)NCC2(c3ccc(F)cc3)CCOCC2)CCCCC1. The van der Waals surface area contributed by atoms with Crippen molar-refractivity contribution in [2.24, 2.45) is 11.1 Å². The van der Waals surface area contributed by atoms with E-state index in [2.05, 4.69) is 5.32 Å². The smallest absolute Gasteiger partial charge is 0.220 e. The molecule has 2 aliphatic rings. The molecule has 3 N–H and O–H groups in total. The lowest BCUT2D eigenvalue weighted by atomic mass is 9.71. The molecule has 5 heteroatoms. The van der Waals surface area contributed by atoms with Gasteiger partial charge in [-0.15, -0.1) is 0 Å². The molecule has 1 heterocycles. The lowest BCUT2D eigenvalue weighted by Gasteiger charge is -2.39. The number of carbonyl (C=O) groups is 1. The third kappa shape index (κ3) is 4.44. The average Bonchev–Trinajstić information content (AvgIpc) is 2.68. The van der Waals surface area contributed by atoms with Crippen LogP contribution in [0.5, 0.6) is 0 Å². The van der Waals surface area contributed by atoms with Gasteiger partial charge in [-0.25, -0.2) is 4.39 Å². The molecule has 0 spiro atoms. The second-order valence-corrected chi connectivity index (χ2v) is 8.12. The molecule has 26 heavy (non-hydrogen) atoms. The number of hydrogen-bond acceptors (Lipinski definition) is 3. The van der Waals surface area contributed by atoms with Crippen LogP contribution >= 0.6 is 0 Å². The third-order valence-electron chi connectivity index (χ3n) is 6.41. The number of nitrogens with one attached hydrogen (secondary N) is 1. The Hall–Kier alpha value is -1.46. The molecule has 4 nitrogen and oxygen atoms in total. The zero-order valence-corrected chi connectivity index (χ0v) is 15.6. The Labute approximate surface area is 155 Å². The summed E-state index contributed by atoms with van der Waals surface area (Å²) in [5, 5.41) is 3.17. The van der Waals surface area contributed by atoms with Crippen molar-refractivity contribution < 1.29 is 13.9 Å². The van der Waals surface area contributed by atoms with Crippen molar-refractivity contribution in [1.82, 2.24) is 5.32 Å². The van der Waals surface area contributed by atoms with Crippen LogP contribution in [0.4, 0.5) is 4.39 Å². The second-order valence-electron chi connectivity index (χ2n) is 8.12. The molecule has 1 aromatic rings. The van der Waals surface area contributed by atoms with E-state index in [1.165, 1.54) is 31.4 Å². The van der Waals surface area contributed by atoms with Gasteiger partial charge >= 0.3 is 0 Å². The van der Waals surface area contributed by atoms with Crippen LogP contribution in [0.2, 0.25) is 0 Å². The summed E-state index contributed by atoms with van der Waals surface area (Å²) >= 11 is 0. The fourth-order valence-corrected chi connectivity index (χ4v) is 4.56. The van der Waals surface area contributed by atoms with E-state index in [1.807, 2.05) is 12.1 Å². The maximum atomic E-state index is 13.3. The summed E-state index contributed by atoms with van der Waals surface area (Å²) in [7, 11) is 0. The monoisotopic (exact) mass is 362 g/mol. The lowest BCUT2D eigenvalue weighted by molar-refractivity contribution is -0.124. The minimum absolute atomic E-state index is 0.0267. The van der Waals surface area contributed by atoms with Crippen molar-refractivity contribution in [1.29, 1.82) is 0 Å². The highest BCUT2D eigenvalue weighted by Crippen LogP contribution is 2.39. The van der Waals surface area contributed by atoms with Gasteiger partial charge in [-0.1, -0.05) is 31.4 Å². The highest BCUT2D eigenvalue weighted by molar-refractivity contribution is 5.77. The van der Waals surface area contributed by atoms with Gasteiger partial charge in [-0.2, -0.15) is 0 Å². The summed E-state index contributed by atoms with van der Waals surface area (Å²) in [6.07, 6.45) is 7.86. The van der Waals surface area contributed by atoms with Gasteiger partial charge in [0.25, 0.3) is 0 Å². The van der Waals surface area contributed by atoms with Crippen LogP contribution in [0, 0.1) is 11.2 Å². The van der Waals surface area contributed by atoms with E-state index in [0.717, 1.165) is 31.2 Å². The first kappa shape index (κ1) is 19.3. The fraction of sp³-hybridized carbons (Fsp3) is 0.667. The van der Waals surface area contributed by atoms with E-state index < -0.39 is 0 Å². The molecule has 0 unspecified atom stereocenters. The Morgan fingerprint density at radius 2 is 1.73 bits per heavy atom. The Bertz CT molecular complexity index is 591. The molecule has 1 aliphatic carbocycles. The highest BCUT2D eigenvalue weighted by Gasteiger charge is 2.37. The maximum absolute atomic E-state index is 13.3. The van der Waals surface area contributed by atoms with Crippen molar-refractivity contribution >= 4 is 5.91 Å². The third-order valence-corrected chi connectivity index (χ3v) is 6.41. The van der Waals surface area contributed by atoms with Crippen molar-refractivity contribution in [2.75, 3.05) is 26.3 Å². The van der Waals surface area contributed by atoms with Gasteiger partial charge in [0.1, 0.15) is 5.82 Å². The first-order chi connectivity index (χ1) is 12.6. The van der Waals surface area contributed by atoms with Gasteiger partial charge in [-0.3, -0.25) is 4.79 Å². The number of rotatable bonds is 6. The predicted octanol–water partition coefficient (Wildman–Crippen LogP) is 3.29. The second kappa shape index (κ2) is 8.49. The summed E-state index contributed by atoms with van der Waals surface area (Å²) < 4.78 is 18.9. The average molecular weight is 362 g/mol. The molecule has 1 amide bonds. The van der Waals surface area contributed by atoms with Crippen molar-refractivity contribution in [3.8, 4) is 0 Å². The van der Waals surface area contributed by atoms with E-state index in [9.17, 15) is 9.18 Å². The minimum Gasteiger partial charge on any atom is -0.381 e. The number of carbonyl (C=O) groups excluding carboxylic acids is 1. The zero-order chi connectivity index (χ0) is 18.5. The van der Waals surface area contributed by atoms with E-state index in [-0.39, 0.29) is 22.6 Å². The summed E-state index contributed by atoms with van der Waals surface area (Å²) in [5.41, 5.74) is 6.90. The number of nitrogens with two attached hydrogens (primary N) is 1. The van der Waals surface area contributed by atoms with E-state index in [4.69, 9.17) is 10.5 Å². The summed E-state index contributed by atoms with van der Waals surface area (Å²) in [6, 6.07) is 6.68. The van der Waals surface area contributed by atoms with Crippen LogP contribution in [0.3, 0.4) is 0 Å². The zero-order valence-electron chi connectivity index (χ0n) is 15.6. The van der Waals surface area contributed by atoms with Crippen molar-refractivity contribution in [3.05, 3.63) is 35.6 Å². The first-order valence-corrected chi connectivity index (χ1v) is 9.88. The van der Waals surface area contributed by atoms with Crippen molar-refractivity contribution in [2.45, 2.75) is 56.8 Å². The van der Waals surface area contributed by atoms with Gasteiger partial charge in [0.15, 0.2) is 0 Å². The molecular weight excluding hydrogens is 331 g/mol. The van der Waals surface area contributed by atoms with E-state index in [1.54, 1.807) is 0 Å². The first-order valence-electron chi connectivity index (χ1n) is 9.88. The van der Waals surface area contributed by atoms with Gasteiger partial charge in [0.05, 0.1) is 0 Å². The number of hydrogen-bond donors (Lipinski definition) is 2. The van der Waals surface area contributed by atoms with Crippen molar-refractivity contribution in [3.63, 3.8) is 0 Å². The minimum atomic E-state index is -0.234. The Morgan fingerprint density at radius 3 is 2.35 bits per heavy atom. The number of benzene rings is 1. The lowest BCUT2D eigenvalue weighted by Crippen LogP contribution is -2.46. The van der Waals surface area contributed by atoms with Crippen LogP contribution in [0.15, 0.2) is 24.3 Å². The van der Waals surface area contributed by atoms with Crippen LogP contribution in [-0.2, 0) is 14.9 Å². The fourth-order valence-electron chi connectivity index (χ4n) is 4.56. The quantitative estimate of drug-likeness (QED) is 0.816.